The molecule has 2 aliphatic heterocycles. The van der Waals surface area contributed by atoms with Crippen LogP contribution in [0.25, 0.3) is 0 Å². The maximum atomic E-state index is 11.7. The fraction of sp³-hybridized carbons (Fsp3) is 0.923. The molecule has 3 rings (SSSR count). The van der Waals surface area contributed by atoms with Crippen LogP contribution in [-0.2, 0) is 14.3 Å². The zero-order chi connectivity index (χ0) is 12.4. The molecule has 2 heterocycles. The summed E-state index contributed by atoms with van der Waals surface area (Å²) in [6.07, 6.45) is 4.31. The van der Waals surface area contributed by atoms with Crippen molar-refractivity contribution in [3.8, 4) is 0 Å². The molecule has 0 radical (unpaired) electrons. The van der Waals surface area contributed by atoms with Gasteiger partial charge in [-0.2, -0.15) is 0 Å². The van der Waals surface area contributed by atoms with Crippen molar-refractivity contribution in [1.82, 2.24) is 10.2 Å². The molecule has 3 aliphatic rings. The van der Waals surface area contributed by atoms with Crippen LogP contribution in [-0.4, -0.2) is 56.0 Å². The Morgan fingerprint density at radius 1 is 1.22 bits per heavy atom. The summed E-state index contributed by atoms with van der Waals surface area (Å²) in [5.41, 5.74) is 0. The molecule has 0 aromatic carbocycles. The number of rotatable bonds is 4. The Kier molecular flexibility index (Phi) is 3.54. The van der Waals surface area contributed by atoms with Gasteiger partial charge in [-0.3, -0.25) is 9.69 Å². The van der Waals surface area contributed by atoms with Gasteiger partial charge in [0.15, 0.2) is 5.79 Å². The molecule has 1 amide bonds. The second-order valence-corrected chi connectivity index (χ2v) is 5.63. The van der Waals surface area contributed by atoms with Crippen LogP contribution in [0.1, 0.15) is 25.7 Å². The molecule has 102 valence electrons. The highest BCUT2D eigenvalue weighted by atomic mass is 16.7. The lowest BCUT2D eigenvalue weighted by atomic mass is 10.0. The number of carbonyl (C=O) groups excluding carboxylic acids is 1. The minimum atomic E-state index is -0.332. The largest absolute Gasteiger partial charge is 0.355 e. The zero-order valence-electron chi connectivity index (χ0n) is 10.8. The Labute approximate surface area is 108 Å². The van der Waals surface area contributed by atoms with Crippen LogP contribution >= 0.6 is 0 Å². The summed E-state index contributed by atoms with van der Waals surface area (Å²) < 4.78 is 11.3. The smallest absolute Gasteiger partial charge is 0.234 e. The number of nitrogens with one attached hydrogen (secondary N) is 1. The molecule has 1 N–H and O–H groups in total. The lowest BCUT2D eigenvalue weighted by Crippen LogP contribution is -2.48. The minimum Gasteiger partial charge on any atom is -0.355 e. The van der Waals surface area contributed by atoms with E-state index in [0.717, 1.165) is 38.4 Å². The Morgan fingerprint density at radius 3 is 2.50 bits per heavy atom. The van der Waals surface area contributed by atoms with Crippen molar-refractivity contribution in [2.45, 2.75) is 31.5 Å². The predicted octanol–water partition coefficient (Wildman–Crippen LogP) is 0.352. The number of amides is 1. The molecule has 3 fully saturated rings. The maximum Gasteiger partial charge on any atom is 0.234 e. The maximum absolute atomic E-state index is 11.7. The van der Waals surface area contributed by atoms with Gasteiger partial charge in [0.05, 0.1) is 19.8 Å². The van der Waals surface area contributed by atoms with E-state index < -0.39 is 0 Å². The molecule has 18 heavy (non-hydrogen) atoms. The highest BCUT2D eigenvalue weighted by molar-refractivity contribution is 5.78. The van der Waals surface area contributed by atoms with Gasteiger partial charge < -0.3 is 14.8 Å². The summed E-state index contributed by atoms with van der Waals surface area (Å²) in [4.78, 5) is 13.9. The number of nitrogens with zero attached hydrogens (tertiary/aromatic N) is 1. The highest BCUT2D eigenvalue weighted by Crippen LogP contribution is 2.31. The normalized spacial score (nSPS) is 27.6. The second kappa shape index (κ2) is 5.15. The summed E-state index contributed by atoms with van der Waals surface area (Å²) in [5, 5.41) is 3.01. The third kappa shape index (κ3) is 3.02. The average molecular weight is 254 g/mol. The third-order valence-corrected chi connectivity index (χ3v) is 4.08. The molecule has 5 nitrogen and oxygen atoms in total. The molecular formula is C13H22N2O3. The van der Waals surface area contributed by atoms with Gasteiger partial charge in [0.25, 0.3) is 0 Å². The number of carbonyl (C=O) groups is 1. The van der Waals surface area contributed by atoms with E-state index in [1.807, 2.05) is 0 Å². The van der Waals surface area contributed by atoms with Gasteiger partial charge >= 0.3 is 0 Å². The number of piperidine rings is 1. The summed E-state index contributed by atoms with van der Waals surface area (Å²) in [6, 6.07) is 0. The van der Waals surface area contributed by atoms with Crippen LogP contribution in [0.2, 0.25) is 0 Å². The van der Waals surface area contributed by atoms with Crippen LogP contribution in [0.15, 0.2) is 0 Å². The van der Waals surface area contributed by atoms with Gasteiger partial charge in [0.1, 0.15) is 0 Å². The van der Waals surface area contributed by atoms with Crippen molar-refractivity contribution >= 4 is 5.91 Å². The van der Waals surface area contributed by atoms with Gasteiger partial charge in [-0.05, 0) is 18.8 Å². The van der Waals surface area contributed by atoms with Crippen LogP contribution in [0, 0.1) is 5.92 Å². The van der Waals surface area contributed by atoms with E-state index in [1.165, 1.54) is 12.8 Å². The summed E-state index contributed by atoms with van der Waals surface area (Å²) >= 11 is 0. The number of likely N-dealkylation sites (tertiary alicyclic amines) is 1. The first-order chi connectivity index (χ1) is 8.76. The van der Waals surface area contributed by atoms with Gasteiger partial charge in [-0.1, -0.05) is 0 Å². The summed E-state index contributed by atoms with van der Waals surface area (Å²) in [6.45, 7) is 4.57. The van der Waals surface area contributed by atoms with Crippen molar-refractivity contribution < 1.29 is 14.3 Å². The van der Waals surface area contributed by atoms with Gasteiger partial charge in [0.2, 0.25) is 5.91 Å². The van der Waals surface area contributed by atoms with E-state index in [4.69, 9.17) is 9.47 Å². The zero-order valence-corrected chi connectivity index (χ0v) is 10.8. The summed E-state index contributed by atoms with van der Waals surface area (Å²) in [5.74, 6) is 0.575. The molecule has 1 aliphatic carbocycles. The van der Waals surface area contributed by atoms with Crippen molar-refractivity contribution in [3.05, 3.63) is 0 Å². The predicted molar refractivity (Wildman–Crippen MR) is 66.0 cm³/mol. The number of hydrogen-bond donors (Lipinski definition) is 1. The number of hydrogen-bond acceptors (Lipinski definition) is 4. The fourth-order valence-electron chi connectivity index (χ4n) is 2.68. The van der Waals surface area contributed by atoms with Crippen molar-refractivity contribution in [3.63, 3.8) is 0 Å². The van der Waals surface area contributed by atoms with E-state index >= 15 is 0 Å². The first kappa shape index (κ1) is 12.4. The van der Waals surface area contributed by atoms with Gasteiger partial charge in [-0.25, -0.2) is 0 Å². The van der Waals surface area contributed by atoms with E-state index in [9.17, 15) is 4.79 Å². The molecule has 2 saturated heterocycles. The van der Waals surface area contributed by atoms with Crippen LogP contribution in [0.3, 0.4) is 0 Å². The molecule has 0 aromatic rings. The molecule has 1 saturated carbocycles. The van der Waals surface area contributed by atoms with Crippen molar-refractivity contribution in [1.29, 1.82) is 0 Å². The lowest BCUT2D eigenvalue weighted by molar-refractivity contribution is -0.185. The molecule has 0 bridgehead atoms. The fourth-order valence-corrected chi connectivity index (χ4v) is 2.68. The van der Waals surface area contributed by atoms with Gasteiger partial charge in [-0.15, -0.1) is 0 Å². The topological polar surface area (TPSA) is 50.8 Å². The van der Waals surface area contributed by atoms with E-state index in [1.54, 1.807) is 0 Å². The molecule has 1 spiro atoms. The van der Waals surface area contributed by atoms with Crippen LogP contribution in [0.4, 0.5) is 0 Å². The second-order valence-electron chi connectivity index (χ2n) is 5.63. The Bertz CT molecular complexity index is 301. The first-order valence-electron chi connectivity index (χ1n) is 7.03. The van der Waals surface area contributed by atoms with Crippen LogP contribution < -0.4 is 5.32 Å². The SMILES string of the molecule is O=C(CN1CCC2(CC1)OCCO2)NCC1CC1. The summed E-state index contributed by atoms with van der Waals surface area (Å²) in [7, 11) is 0. The van der Waals surface area contributed by atoms with E-state index in [-0.39, 0.29) is 11.7 Å². The lowest BCUT2D eigenvalue weighted by Gasteiger charge is -2.37. The minimum absolute atomic E-state index is 0.158. The van der Waals surface area contributed by atoms with Crippen molar-refractivity contribution in [2.75, 3.05) is 39.4 Å². The number of ether oxygens (including phenoxy) is 2. The van der Waals surface area contributed by atoms with Gasteiger partial charge in [0, 0.05) is 32.5 Å². The Hall–Kier alpha value is -0.650. The molecule has 5 heteroatoms. The Morgan fingerprint density at radius 2 is 1.89 bits per heavy atom. The monoisotopic (exact) mass is 254 g/mol. The third-order valence-electron chi connectivity index (χ3n) is 4.08. The molecular weight excluding hydrogens is 232 g/mol. The average Bonchev–Trinajstić information content (AvgIpc) is 3.11. The molecule has 0 atom stereocenters. The quantitative estimate of drug-likeness (QED) is 0.786. The highest BCUT2D eigenvalue weighted by Gasteiger charge is 2.39. The molecule has 0 unspecified atom stereocenters. The van der Waals surface area contributed by atoms with E-state index in [2.05, 4.69) is 10.2 Å². The Balaban J connectivity index is 1.37. The standard InChI is InChI=1S/C13H22N2O3/c16-12(14-9-11-1-2-11)10-15-5-3-13(4-6-15)17-7-8-18-13/h11H,1-10H2,(H,14,16). The van der Waals surface area contributed by atoms with E-state index in [0.29, 0.717) is 19.8 Å². The first-order valence-corrected chi connectivity index (χ1v) is 7.03. The van der Waals surface area contributed by atoms with Crippen LogP contribution in [0.5, 0.6) is 0 Å². The van der Waals surface area contributed by atoms with Crippen molar-refractivity contribution in [2.24, 2.45) is 5.92 Å². The molecule has 0 aromatic heterocycles.